The molecule has 2 N–H and O–H groups in total. The molecule has 0 unspecified atom stereocenters. The Morgan fingerprint density at radius 1 is 1.04 bits per heavy atom. The molecule has 25 heavy (non-hydrogen) atoms. The molecule has 0 aliphatic carbocycles. The molecule has 0 fully saturated rings. The first kappa shape index (κ1) is 18.7. The van der Waals surface area contributed by atoms with Gasteiger partial charge < -0.3 is 15.4 Å². The minimum atomic E-state index is -0.486. The lowest BCUT2D eigenvalue weighted by Crippen LogP contribution is -2.33. The van der Waals surface area contributed by atoms with Crippen LogP contribution in [0.4, 0.5) is 5.69 Å². The Morgan fingerprint density at radius 3 is 2.36 bits per heavy atom. The molecule has 5 nitrogen and oxygen atoms in total. The van der Waals surface area contributed by atoms with Gasteiger partial charge in [0.1, 0.15) is 6.04 Å². The van der Waals surface area contributed by atoms with E-state index >= 15 is 0 Å². The van der Waals surface area contributed by atoms with Gasteiger partial charge in [-0.2, -0.15) is 0 Å². The van der Waals surface area contributed by atoms with Crippen LogP contribution in [0.15, 0.2) is 54.6 Å². The molecule has 0 saturated heterocycles. The number of hydrogen-bond acceptors (Lipinski definition) is 4. The highest BCUT2D eigenvalue weighted by molar-refractivity contribution is 5.95. The summed E-state index contributed by atoms with van der Waals surface area (Å²) >= 11 is 0. The van der Waals surface area contributed by atoms with E-state index < -0.39 is 6.04 Å². The number of aryl methyl sites for hydroxylation is 1. The molecule has 132 valence electrons. The van der Waals surface area contributed by atoms with Gasteiger partial charge in [-0.3, -0.25) is 9.59 Å². The van der Waals surface area contributed by atoms with Crippen molar-refractivity contribution in [2.45, 2.75) is 25.8 Å². The summed E-state index contributed by atoms with van der Waals surface area (Å²) in [5, 5.41) is 6.16. The lowest BCUT2D eigenvalue weighted by Gasteiger charge is -2.19. The molecule has 0 aromatic heterocycles. The minimum absolute atomic E-state index is 0.131. The predicted molar refractivity (Wildman–Crippen MR) is 98.2 cm³/mol. The fourth-order valence-electron chi connectivity index (χ4n) is 2.44. The van der Waals surface area contributed by atoms with Crippen LogP contribution in [0, 0.1) is 6.92 Å². The summed E-state index contributed by atoms with van der Waals surface area (Å²) in [4.78, 5) is 23.9. The van der Waals surface area contributed by atoms with Gasteiger partial charge in [0, 0.05) is 12.1 Å². The number of benzene rings is 2. The van der Waals surface area contributed by atoms with Crippen LogP contribution in [-0.2, 0) is 14.3 Å². The van der Waals surface area contributed by atoms with E-state index in [0.29, 0.717) is 19.4 Å². The Bertz CT molecular complexity index is 684. The second-order valence-corrected chi connectivity index (χ2v) is 5.83. The maximum atomic E-state index is 12.7. The Kier molecular flexibility index (Phi) is 7.16. The predicted octanol–water partition coefficient (Wildman–Crippen LogP) is 3.22. The van der Waals surface area contributed by atoms with Gasteiger partial charge in [-0.05, 0) is 37.6 Å². The molecule has 0 bridgehead atoms. The van der Waals surface area contributed by atoms with Crippen molar-refractivity contribution in [1.29, 1.82) is 0 Å². The Balaban J connectivity index is 2.02. The van der Waals surface area contributed by atoms with Gasteiger partial charge in [0.15, 0.2) is 0 Å². The fourth-order valence-corrected chi connectivity index (χ4v) is 2.44. The molecule has 2 aromatic carbocycles. The van der Waals surface area contributed by atoms with Crippen molar-refractivity contribution in [2.75, 3.05) is 19.0 Å². The van der Waals surface area contributed by atoms with Crippen LogP contribution in [0.5, 0.6) is 0 Å². The van der Waals surface area contributed by atoms with E-state index in [2.05, 4.69) is 15.4 Å². The van der Waals surface area contributed by atoms with Crippen molar-refractivity contribution >= 4 is 17.6 Å². The topological polar surface area (TPSA) is 67.4 Å². The zero-order valence-corrected chi connectivity index (χ0v) is 14.6. The van der Waals surface area contributed by atoms with Crippen molar-refractivity contribution in [3.05, 3.63) is 65.7 Å². The molecule has 0 spiro atoms. The van der Waals surface area contributed by atoms with E-state index in [9.17, 15) is 9.59 Å². The number of ether oxygens (including phenoxy) is 1. The average Bonchev–Trinajstić information content (AvgIpc) is 2.64. The number of hydrogen-bond donors (Lipinski definition) is 2. The summed E-state index contributed by atoms with van der Waals surface area (Å²) in [6, 6.07) is 16.7. The van der Waals surface area contributed by atoms with Gasteiger partial charge in [0.2, 0.25) is 5.91 Å². The molecule has 2 aromatic rings. The molecule has 0 saturated carbocycles. The molecule has 5 heteroatoms. The van der Waals surface area contributed by atoms with E-state index in [4.69, 9.17) is 0 Å². The summed E-state index contributed by atoms with van der Waals surface area (Å²) in [7, 11) is 1.37. The van der Waals surface area contributed by atoms with Crippen LogP contribution in [0.1, 0.15) is 30.0 Å². The van der Waals surface area contributed by atoms with Crippen molar-refractivity contribution in [1.82, 2.24) is 5.32 Å². The lowest BCUT2D eigenvalue weighted by atomic mass is 10.1. The molecular formula is C20H24N2O3. The Hall–Kier alpha value is -2.66. The van der Waals surface area contributed by atoms with Crippen LogP contribution < -0.4 is 10.6 Å². The number of amides is 1. The van der Waals surface area contributed by atoms with Gasteiger partial charge in [-0.1, -0.05) is 48.0 Å². The van der Waals surface area contributed by atoms with Crippen LogP contribution >= 0.6 is 0 Å². The highest BCUT2D eigenvalue weighted by Gasteiger charge is 2.20. The van der Waals surface area contributed by atoms with Crippen LogP contribution in [-0.4, -0.2) is 25.5 Å². The van der Waals surface area contributed by atoms with E-state index in [1.54, 1.807) is 0 Å². The fraction of sp³-hybridized carbons (Fsp3) is 0.300. The van der Waals surface area contributed by atoms with Gasteiger partial charge in [0.05, 0.1) is 7.11 Å². The van der Waals surface area contributed by atoms with Gasteiger partial charge in [0.25, 0.3) is 0 Å². The molecule has 0 radical (unpaired) electrons. The number of carbonyl (C=O) groups is 2. The van der Waals surface area contributed by atoms with Crippen molar-refractivity contribution in [3.63, 3.8) is 0 Å². The zero-order valence-electron chi connectivity index (χ0n) is 14.6. The largest absolute Gasteiger partial charge is 0.469 e. The number of esters is 1. The Morgan fingerprint density at radius 2 is 1.72 bits per heavy atom. The first-order valence-electron chi connectivity index (χ1n) is 8.33. The van der Waals surface area contributed by atoms with Crippen molar-refractivity contribution < 1.29 is 14.3 Å². The monoisotopic (exact) mass is 340 g/mol. The van der Waals surface area contributed by atoms with Gasteiger partial charge in [-0.15, -0.1) is 0 Å². The van der Waals surface area contributed by atoms with Crippen LogP contribution in [0.2, 0.25) is 0 Å². The number of nitrogens with one attached hydrogen (secondary N) is 2. The van der Waals surface area contributed by atoms with Crippen molar-refractivity contribution in [3.8, 4) is 0 Å². The molecule has 1 amide bonds. The summed E-state index contributed by atoms with van der Waals surface area (Å²) in [6.07, 6.45) is 0.929. The molecular weight excluding hydrogens is 316 g/mol. The number of methoxy groups -OCH3 is 1. The SMILES string of the molecule is COC(=O)CCCN[C@@H](C(=O)Nc1ccc(C)cc1)c1ccccc1. The number of rotatable bonds is 8. The van der Waals surface area contributed by atoms with Gasteiger partial charge in [-0.25, -0.2) is 0 Å². The standard InChI is InChI=1S/C20H24N2O3/c1-15-10-12-17(13-11-15)22-20(24)19(16-7-4-3-5-8-16)21-14-6-9-18(23)25-2/h3-5,7-8,10-13,19,21H,6,9,14H2,1-2H3,(H,22,24)/t19-/m1/s1. The second-order valence-electron chi connectivity index (χ2n) is 5.83. The number of carbonyl (C=O) groups excluding carboxylic acids is 2. The minimum Gasteiger partial charge on any atom is -0.469 e. The average molecular weight is 340 g/mol. The third-order valence-electron chi connectivity index (χ3n) is 3.85. The molecule has 0 heterocycles. The van der Waals surface area contributed by atoms with Crippen LogP contribution in [0.25, 0.3) is 0 Å². The van der Waals surface area contributed by atoms with E-state index in [-0.39, 0.29) is 11.9 Å². The third-order valence-corrected chi connectivity index (χ3v) is 3.85. The summed E-state index contributed by atoms with van der Waals surface area (Å²) in [5.74, 6) is -0.379. The molecule has 0 aliphatic heterocycles. The maximum absolute atomic E-state index is 12.7. The van der Waals surface area contributed by atoms with Crippen molar-refractivity contribution in [2.24, 2.45) is 0 Å². The second kappa shape index (κ2) is 9.59. The zero-order chi connectivity index (χ0) is 18.1. The lowest BCUT2D eigenvalue weighted by molar-refractivity contribution is -0.140. The summed E-state index contributed by atoms with van der Waals surface area (Å²) in [5.41, 5.74) is 2.77. The third kappa shape index (κ3) is 6.04. The number of anilines is 1. The smallest absolute Gasteiger partial charge is 0.305 e. The highest BCUT2D eigenvalue weighted by Crippen LogP contribution is 2.17. The quantitative estimate of drug-likeness (QED) is 0.572. The van der Waals surface area contributed by atoms with E-state index in [1.165, 1.54) is 7.11 Å². The first-order chi connectivity index (χ1) is 12.1. The molecule has 1 atom stereocenters. The highest BCUT2D eigenvalue weighted by atomic mass is 16.5. The Labute approximate surface area is 148 Å². The van der Waals surface area contributed by atoms with Gasteiger partial charge >= 0.3 is 5.97 Å². The van der Waals surface area contributed by atoms with E-state index in [1.807, 2.05) is 61.5 Å². The van der Waals surface area contributed by atoms with E-state index in [0.717, 1.165) is 16.8 Å². The molecule has 2 rings (SSSR count). The summed E-state index contributed by atoms with van der Waals surface area (Å²) < 4.78 is 4.63. The normalized spacial score (nSPS) is 11.6. The maximum Gasteiger partial charge on any atom is 0.305 e. The molecule has 0 aliphatic rings. The first-order valence-corrected chi connectivity index (χ1v) is 8.33. The van der Waals surface area contributed by atoms with Crippen LogP contribution in [0.3, 0.4) is 0 Å². The summed E-state index contributed by atoms with van der Waals surface area (Å²) in [6.45, 7) is 2.54.